The number of hydrogen-bond donors (Lipinski definition) is 3. The number of allylic oxidation sites excluding steroid dienone is 1. The van der Waals surface area contributed by atoms with Gasteiger partial charge in [-0.3, -0.25) is 9.52 Å². The average Bonchev–Trinajstić information content (AvgIpc) is 3.71. The highest BCUT2D eigenvalue weighted by molar-refractivity contribution is 7.97. The molecule has 0 spiro atoms. The van der Waals surface area contributed by atoms with Crippen molar-refractivity contribution in [2.75, 3.05) is 23.4 Å². The molecule has 5 rings (SSSR count). The van der Waals surface area contributed by atoms with Gasteiger partial charge in [-0.1, -0.05) is 13.0 Å². The van der Waals surface area contributed by atoms with E-state index in [1.165, 1.54) is 12.3 Å². The van der Waals surface area contributed by atoms with Crippen LogP contribution in [0.2, 0.25) is 0 Å². The molecule has 4 N–H and O–H groups in total. The second-order valence-corrected chi connectivity index (χ2v) is 12.5. The van der Waals surface area contributed by atoms with E-state index in [0.29, 0.717) is 22.2 Å². The van der Waals surface area contributed by atoms with Gasteiger partial charge in [-0.25, -0.2) is 15.0 Å². The highest BCUT2D eigenvalue weighted by Gasteiger charge is 2.62. The molecule has 2 unspecified atom stereocenters. The lowest BCUT2D eigenvalue weighted by Crippen LogP contribution is -2.46. The van der Waals surface area contributed by atoms with Gasteiger partial charge in [-0.15, -0.1) is 0 Å². The van der Waals surface area contributed by atoms with E-state index in [1.807, 2.05) is 18.2 Å². The highest BCUT2D eigenvalue weighted by Crippen LogP contribution is 2.59. The van der Waals surface area contributed by atoms with Gasteiger partial charge in [0, 0.05) is 42.4 Å². The Kier molecular flexibility index (Phi) is 9.10. The third-order valence-corrected chi connectivity index (χ3v) is 9.52. The topological polar surface area (TPSA) is 118 Å². The zero-order chi connectivity index (χ0) is 30.7. The molecule has 43 heavy (non-hydrogen) atoms. The Morgan fingerprint density at radius 3 is 2.79 bits per heavy atom. The number of nitrogens with two attached hydrogens (primary N) is 1. The minimum Gasteiger partial charge on any atom is -0.479 e. The Morgan fingerprint density at radius 1 is 1.23 bits per heavy atom. The van der Waals surface area contributed by atoms with Crippen molar-refractivity contribution in [2.45, 2.75) is 88.0 Å². The number of aromatic nitrogens is 2. The fourth-order valence-corrected chi connectivity index (χ4v) is 6.39. The molecule has 9 nitrogen and oxygen atoms in total. The molecule has 1 amide bonds. The predicted octanol–water partition coefficient (Wildman–Crippen LogP) is 6.51. The summed E-state index contributed by atoms with van der Waals surface area (Å²) >= 11 is 1.15. The van der Waals surface area contributed by atoms with Gasteiger partial charge in [-0.05, 0) is 82.6 Å². The van der Waals surface area contributed by atoms with Crippen LogP contribution in [0.25, 0.3) is 0 Å². The number of anilines is 2. The molecule has 2 aromatic heterocycles. The van der Waals surface area contributed by atoms with Gasteiger partial charge in [0.1, 0.15) is 16.7 Å². The number of fused-ring (bicyclic) bond motifs is 5. The number of ether oxygens (including phenoxy) is 1. The van der Waals surface area contributed by atoms with E-state index in [9.17, 15) is 18.0 Å². The summed E-state index contributed by atoms with van der Waals surface area (Å²) < 4.78 is 47.7. The Morgan fingerprint density at radius 2 is 2.05 bits per heavy atom. The first-order valence-electron chi connectivity index (χ1n) is 14.7. The first kappa shape index (κ1) is 31.0. The normalized spacial score (nSPS) is 24.0. The molecule has 2 bridgehead atoms. The minimum absolute atomic E-state index is 0.0270. The van der Waals surface area contributed by atoms with Gasteiger partial charge >= 0.3 is 6.18 Å². The molecule has 1 aliphatic carbocycles. The number of aliphatic imine (C=N–C) groups is 1. The van der Waals surface area contributed by atoms with Gasteiger partial charge in [0.15, 0.2) is 11.7 Å². The van der Waals surface area contributed by atoms with Crippen LogP contribution in [0.15, 0.2) is 52.3 Å². The van der Waals surface area contributed by atoms with Gasteiger partial charge in [0.25, 0.3) is 5.91 Å². The van der Waals surface area contributed by atoms with Crippen LogP contribution in [0.3, 0.4) is 0 Å². The zero-order valence-electron chi connectivity index (χ0n) is 24.4. The van der Waals surface area contributed by atoms with E-state index >= 15 is 0 Å². The molecule has 0 aromatic carbocycles. The molecule has 1 saturated carbocycles. The van der Waals surface area contributed by atoms with Crippen molar-refractivity contribution in [2.24, 2.45) is 16.1 Å². The SMILES string of the molecule is CCC1(C)CCC2CCCNc3cccc(n3)SNC(=O)c3ccc(N=CC=C(N)OCCC4(C(F)(F)F)CC4)nc3N21. The number of hydrogen-bond acceptors (Lipinski definition) is 9. The summed E-state index contributed by atoms with van der Waals surface area (Å²) in [4.78, 5) is 29.7. The number of carbonyl (C=O) groups excluding carboxylic acids is 1. The largest absolute Gasteiger partial charge is 0.479 e. The molecule has 2 atom stereocenters. The summed E-state index contributed by atoms with van der Waals surface area (Å²) in [6.45, 7) is 5.01. The Bertz CT molecular complexity index is 1380. The number of carbonyl (C=O) groups is 1. The molecular weight excluding hydrogens is 579 g/mol. The lowest BCUT2D eigenvalue weighted by molar-refractivity contribution is -0.191. The van der Waals surface area contributed by atoms with Gasteiger partial charge < -0.3 is 20.7 Å². The molecule has 232 valence electrons. The van der Waals surface area contributed by atoms with Gasteiger partial charge in [0.2, 0.25) is 0 Å². The van der Waals surface area contributed by atoms with Crippen LogP contribution >= 0.6 is 11.9 Å². The van der Waals surface area contributed by atoms with Crippen LogP contribution in [0.5, 0.6) is 0 Å². The maximum Gasteiger partial charge on any atom is 0.394 e. The van der Waals surface area contributed by atoms with Crippen molar-refractivity contribution in [1.82, 2.24) is 14.7 Å². The van der Waals surface area contributed by atoms with E-state index in [-0.39, 0.29) is 49.2 Å². The predicted molar refractivity (Wildman–Crippen MR) is 162 cm³/mol. The van der Waals surface area contributed by atoms with E-state index in [0.717, 1.165) is 56.4 Å². The number of nitrogens with one attached hydrogen (secondary N) is 2. The van der Waals surface area contributed by atoms with Crippen molar-refractivity contribution in [1.29, 1.82) is 0 Å². The number of pyridine rings is 2. The van der Waals surface area contributed by atoms with Crippen molar-refractivity contribution in [3.63, 3.8) is 0 Å². The van der Waals surface area contributed by atoms with Crippen LogP contribution in [0, 0.1) is 5.41 Å². The zero-order valence-corrected chi connectivity index (χ0v) is 25.2. The van der Waals surface area contributed by atoms with E-state index in [4.69, 9.17) is 15.5 Å². The highest BCUT2D eigenvalue weighted by atomic mass is 32.2. The molecule has 13 heteroatoms. The second kappa shape index (κ2) is 12.6. The number of nitrogens with zero attached hydrogens (tertiary/aromatic N) is 4. The third-order valence-electron chi connectivity index (χ3n) is 8.80. The smallest absolute Gasteiger partial charge is 0.394 e. The summed E-state index contributed by atoms with van der Waals surface area (Å²) in [6.07, 6.45) is 3.38. The van der Waals surface area contributed by atoms with Crippen molar-refractivity contribution < 1.29 is 22.7 Å². The summed E-state index contributed by atoms with van der Waals surface area (Å²) in [5, 5.41) is 4.06. The molecule has 3 aliphatic rings. The Balaban J connectivity index is 1.37. The fourth-order valence-electron chi connectivity index (χ4n) is 5.79. The number of halogens is 3. The van der Waals surface area contributed by atoms with Crippen LogP contribution in [0.1, 0.15) is 75.6 Å². The Labute approximate surface area is 254 Å². The lowest BCUT2D eigenvalue weighted by Gasteiger charge is -2.40. The van der Waals surface area contributed by atoms with Crippen molar-refractivity contribution in [3.8, 4) is 0 Å². The second-order valence-electron chi connectivity index (χ2n) is 11.6. The fraction of sp³-hybridized carbons (Fsp3) is 0.533. The molecule has 4 heterocycles. The van der Waals surface area contributed by atoms with E-state index < -0.39 is 11.6 Å². The molecule has 2 fully saturated rings. The summed E-state index contributed by atoms with van der Waals surface area (Å²) in [5.41, 5.74) is 4.49. The van der Waals surface area contributed by atoms with Gasteiger partial charge in [-0.2, -0.15) is 13.2 Å². The first-order valence-corrected chi connectivity index (χ1v) is 15.5. The summed E-state index contributed by atoms with van der Waals surface area (Å²) in [7, 11) is 0. The quantitative estimate of drug-likeness (QED) is 0.183. The number of alkyl halides is 3. The maximum absolute atomic E-state index is 13.5. The van der Waals surface area contributed by atoms with Crippen LogP contribution in [-0.2, 0) is 4.74 Å². The van der Waals surface area contributed by atoms with E-state index in [1.54, 1.807) is 12.1 Å². The van der Waals surface area contributed by atoms with Crippen LogP contribution < -0.4 is 20.7 Å². The first-order chi connectivity index (χ1) is 20.5. The standard InChI is InChI=1S/C30H38F3N7O2S/c1-3-28(2)13-11-20-6-5-17-35-23-7-4-8-25(37-23)43-39-27(41)21-9-10-24(38-26(21)40(20)28)36-18-12-22(34)42-19-16-29(14-15-29)30(31,32)33/h4,7-10,12,18,20H,3,5-6,11,13-17,19,34H2,1-2H3,(H,35,37)(H,39,41). The minimum atomic E-state index is -4.22. The van der Waals surface area contributed by atoms with E-state index in [2.05, 4.69) is 38.8 Å². The summed E-state index contributed by atoms with van der Waals surface area (Å²) in [5.74, 6) is 1.41. The van der Waals surface area contributed by atoms with Crippen LogP contribution in [0.4, 0.5) is 30.6 Å². The molecule has 0 radical (unpaired) electrons. The lowest BCUT2D eigenvalue weighted by atomic mass is 9.95. The Hall–Kier alpha value is -3.48. The molecule has 2 aromatic rings. The van der Waals surface area contributed by atoms with Crippen LogP contribution in [-0.4, -0.2) is 53.0 Å². The third kappa shape index (κ3) is 7.02. The molecular formula is C30H38F3N7O2S. The van der Waals surface area contributed by atoms with Crippen molar-refractivity contribution in [3.05, 3.63) is 47.9 Å². The number of amides is 1. The molecule has 2 aliphatic heterocycles. The average molecular weight is 618 g/mol. The molecule has 1 saturated heterocycles. The van der Waals surface area contributed by atoms with Crippen molar-refractivity contribution >= 4 is 41.5 Å². The monoisotopic (exact) mass is 617 g/mol. The summed E-state index contributed by atoms with van der Waals surface area (Å²) in [6, 6.07) is 9.23. The van der Waals surface area contributed by atoms with Gasteiger partial charge in [0.05, 0.1) is 17.6 Å². The number of rotatable bonds is 7. The maximum atomic E-state index is 13.5.